The first-order valence-corrected chi connectivity index (χ1v) is 16.0. The van der Waals surface area contributed by atoms with Gasteiger partial charge in [-0.1, -0.05) is 46.1 Å². The molecular formula is C29H38N2O8Si. The highest BCUT2D eigenvalue weighted by Crippen LogP contribution is 2.39. The van der Waals surface area contributed by atoms with E-state index in [9.17, 15) is 19.2 Å². The Morgan fingerprint density at radius 1 is 1.10 bits per heavy atom. The number of carbonyl (C=O) groups excluding carboxylic acids is 4. The average Bonchev–Trinajstić information content (AvgIpc) is 3.21. The smallest absolute Gasteiger partial charge is 0.445 e. The first-order chi connectivity index (χ1) is 18.7. The molecule has 0 aliphatic carbocycles. The minimum atomic E-state index is -2.11. The third kappa shape index (κ3) is 6.71. The van der Waals surface area contributed by atoms with Gasteiger partial charge in [0.05, 0.1) is 23.6 Å². The van der Waals surface area contributed by atoms with Crippen molar-refractivity contribution in [3.63, 3.8) is 0 Å². The Kier molecular flexibility index (Phi) is 9.42. The van der Waals surface area contributed by atoms with Crippen molar-refractivity contribution >= 4 is 43.2 Å². The molecule has 10 nitrogen and oxygen atoms in total. The number of β-lactam (4-membered cyclic amide) rings is 1. The molecular weight excluding hydrogens is 532 g/mol. The summed E-state index contributed by atoms with van der Waals surface area (Å²) in [5.41, 5.74) is 0.742. The highest BCUT2D eigenvalue weighted by molar-refractivity contribution is 6.74. The molecule has 0 spiro atoms. The Morgan fingerprint density at radius 2 is 1.75 bits per heavy atom. The largest absolute Gasteiger partial charge is 0.515 e. The summed E-state index contributed by atoms with van der Waals surface area (Å²) in [5.74, 6) is -0.874. The van der Waals surface area contributed by atoms with E-state index in [0.717, 1.165) is 4.57 Å². The summed E-state index contributed by atoms with van der Waals surface area (Å²) in [6.45, 7) is 19.4. The molecule has 0 saturated carbocycles. The van der Waals surface area contributed by atoms with Gasteiger partial charge in [0.15, 0.2) is 14.1 Å². The molecule has 0 bridgehead atoms. The molecule has 1 aromatic heterocycles. The number of Topliss-reactive ketones (excluding diaryl/α,β-unsaturated/α-hetero) is 1. The van der Waals surface area contributed by atoms with E-state index < -0.39 is 26.5 Å². The van der Waals surface area contributed by atoms with E-state index in [2.05, 4.69) is 52.3 Å². The quantitative estimate of drug-likeness (QED) is 0.122. The molecule has 1 aliphatic heterocycles. The Hall–Kier alpha value is -3.70. The zero-order chi connectivity index (χ0) is 29.8. The SMILES string of the molecule is C=CCOC(=O)Oc1cc2cc(C(=O)C[C@H]3NC(=O)[C@@H]3[C@@H](C)O[Si](C)(C)C(C)(C)C)ccc2n1C(=O)OCC=C. The number of aromatic nitrogens is 1. The van der Waals surface area contributed by atoms with E-state index in [1.54, 1.807) is 18.2 Å². The fourth-order valence-electron chi connectivity index (χ4n) is 4.27. The fourth-order valence-corrected chi connectivity index (χ4v) is 5.70. The normalized spacial score (nSPS) is 17.8. The molecule has 216 valence electrons. The van der Waals surface area contributed by atoms with Crippen LogP contribution in [-0.2, 0) is 18.7 Å². The lowest BCUT2D eigenvalue weighted by molar-refractivity contribution is -0.139. The van der Waals surface area contributed by atoms with Gasteiger partial charge in [0.1, 0.15) is 13.2 Å². The summed E-state index contributed by atoms with van der Waals surface area (Å²) < 4.78 is 22.7. The Bertz CT molecular complexity index is 1320. The van der Waals surface area contributed by atoms with Crippen LogP contribution in [-0.4, -0.2) is 62.2 Å². The van der Waals surface area contributed by atoms with Crippen molar-refractivity contribution in [3.05, 3.63) is 55.1 Å². The zero-order valence-corrected chi connectivity index (χ0v) is 24.9. The number of ketones is 1. The Balaban J connectivity index is 1.82. The van der Waals surface area contributed by atoms with E-state index in [0.29, 0.717) is 16.5 Å². The third-order valence-corrected chi connectivity index (χ3v) is 11.9. The predicted molar refractivity (Wildman–Crippen MR) is 153 cm³/mol. The maximum Gasteiger partial charge on any atom is 0.515 e. The molecule has 2 aromatic rings. The lowest BCUT2D eigenvalue weighted by Gasteiger charge is -2.45. The highest BCUT2D eigenvalue weighted by atomic mass is 28.4. The summed E-state index contributed by atoms with van der Waals surface area (Å²) in [7, 11) is -2.11. The van der Waals surface area contributed by atoms with Crippen LogP contribution in [0.2, 0.25) is 18.1 Å². The molecule has 1 aromatic carbocycles. The first-order valence-electron chi connectivity index (χ1n) is 13.1. The molecule has 3 rings (SSSR count). The topological polar surface area (TPSA) is 122 Å². The summed E-state index contributed by atoms with van der Waals surface area (Å²) in [4.78, 5) is 50.5. The number of amides is 1. The molecule has 1 saturated heterocycles. The van der Waals surface area contributed by atoms with E-state index >= 15 is 0 Å². The minimum absolute atomic E-state index is 0.0122. The van der Waals surface area contributed by atoms with Crippen LogP contribution in [0.15, 0.2) is 49.6 Å². The monoisotopic (exact) mass is 570 g/mol. The second-order valence-electron chi connectivity index (χ2n) is 11.3. The molecule has 3 atom stereocenters. The van der Waals surface area contributed by atoms with Crippen LogP contribution in [0.5, 0.6) is 5.88 Å². The average molecular weight is 571 g/mol. The maximum atomic E-state index is 13.3. The number of hydrogen-bond acceptors (Lipinski definition) is 8. The van der Waals surface area contributed by atoms with Crippen LogP contribution in [0.25, 0.3) is 10.9 Å². The number of carbonyl (C=O) groups is 4. The number of fused-ring (bicyclic) bond motifs is 1. The molecule has 0 radical (unpaired) electrons. The van der Waals surface area contributed by atoms with Gasteiger partial charge in [0.25, 0.3) is 0 Å². The second-order valence-corrected chi connectivity index (χ2v) is 16.0. The lowest BCUT2D eigenvalue weighted by atomic mass is 9.82. The molecule has 2 heterocycles. The number of rotatable bonds is 11. The van der Waals surface area contributed by atoms with Gasteiger partial charge in [-0.25, -0.2) is 14.2 Å². The molecule has 1 fully saturated rings. The number of benzene rings is 1. The van der Waals surface area contributed by atoms with Gasteiger partial charge in [-0.2, -0.15) is 0 Å². The number of nitrogens with one attached hydrogen (secondary N) is 1. The summed E-state index contributed by atoms with van der Waals surface area (Å²) in [5, 5.41) is 3.30. The van der Waals surface area contributed by atoms with E-state index in [4.69, 9.17) is 18.6 Å². The first kappa shape index (κ1) is 30.8. The van der Waals surface area contributed by atoms with Crippen molar-refractivity contribution in [2.75, 3.05) is 13.2 Å². The van der Waals surface area contributed by atoms with Gasteiger partial charge in [-0.15, -0.1) is 0 Å². The molecule has 40 heavy (non-hydrogen) atoms. The van der Waals surface area contributed by atoms with Crippen LogP contribution in [0.1, 0.15) is 44.5 Å². The Morgan fingerprint density at radius 3 is 2.35 bits per heavy atom. The van der Waals surface area contributed by atoms with Crippen molar-refractivity contribution in [2.24, 2.45) is 5.92 Å². The van der Waals surface area contributed by atoms with E-state index in [1.165, 1.54) is 18.2 Å². The summed E-state index contributed by atoms with van der Waals surface area (Å²) >= 11 is 0. The summed E-state index contributed by atoms with van der Waals surface area (Å²) in [6.07, 6.45) is 0.721. The van der Waals surface area contributed by atoms with Gasteiger partial charge in [0.2, 0.25) is 11.8 Å². The number of hydrogen-bond donors (Lipinski definition) is 1. The molecule has 1 amide bonds. The van der Waals surface area contributed by atoms with E-state index in [-0.39, 0.29) is 54.4 Å². The highest BCUT2D eigenvalue weighted by Gasteiger charge is 2.47. The standard InChI is InChI=1S/C29H38N2O8Si/c1-9-13-36-27(34)31-22-12-11-19(15-20(22)16-24(31)38-28(35)37-14-10-2)23(32)17-21-25(26(33)30-21)18(3)39-40(7,8)29(4,5)6/h9-12,15-16,18,21,25H,1-2,13-14,17H2,3-8H3,(H,30,33)/t18-,21-,25-/m1/s1. The van der Waals surface area contributed by atoms with Gasteiger partial charge >= 0.3 is 12.2 Å². The zero-order valence-electron chi connectivity index (χ0n) is 23.9. The van der Waals surface area contributed by atoms with Crippen molar-refractivity contribution in [1.82, 2.24) is 9.88 Å². The van der Waals surface area contributed by atoms with Crippen LogP contribution in [0.3, 0.4) is 0 Å². The van der Waals surface area contributed by atoms with Gasteiger partial charge < -0.3 is 24.0 Å². The van der Waals surface area contributed by atoms with E-state index in [1.807, 2.05) is 6.92 Å². The van der Waals surface area contributed by atoms with Crippen molar-refractivity contribution in [3.8, 4) is 5.88 Å². The molecule has 11 heteroatoms. The Labute approximate surface area is 235 Å². The molecule has 1 aliphatic rings. The van der Waals surface area contributed by atoms with Crippen LogP contribution < -0.4 is 10.1 Å². The maximum absolute atomic E-state index is 13.3. The van der Waals surface area contributed by atoms with Crippen LogP contribution in [0.4, 0.5) is 9.59 Å². The predicted octanol–water partition coefficient (Wildman–Crippen LogP) is 5.61. The lowest BCUT2D eigenvalue weighted by Crippen LogP contribution is -2.64. The van der Waals surface area contributed by atoms with Crippen LogP contribution in [0, 0.1) is 5.92 Å². The molecule has 0 unspecified atom stereocenters. The third-order valence-electron chi connectivity index (χ3n) is 7.37. The van der Waals surface area contributed by atoms with Crippen molar-refractivity contribution < 1.29 is 37.8 Å². The summed E-state index contributed by atoms with van der Waals surface area (Å²) in [6, 6.07) is 5.83. The van der Waals surface area contributed by atoms with Crippen molar-refractivity contribution in [1.29, 1.82) is 0 Å². The molecule has 1 N–H and O–H groups in total. The minimum Gasteiger partial charge on any atom is -0.445 e. The number of nitrogens with zero attached hydrogens (tertiary/aromatic N) is 1. The van der Waals surface area contributed by atoms with Crippen LogP contribution >= 0.6 is 0 Å². The number of ether oxygens (including phenoxy) is 3. The van der Waals surface area contributed by atoms with Gasteiger partial charge in [-0.05, 0) is 43.3 Å². The fraction of sp³-hybridized carbons (Fsp3) is 0.448. The van der Waals surface area contributed by atoms with Gasteiger partial charge in [-0.3, -0.25) is 9.59 Å². The van der Waals surface area contributed by atoms with Crippen molar-refractivity contribution in [2.45, 2.75) is 64.4 Å². The van der Waals surface area contributed by atoms with Gasteiger partial charge in [0, 0.05) is 23.4 Å². The second kappa shape index (κ2) is 12.2.